The molecule has 0 amide bonds. The molecule has 0 spiro atoms. The predicted molar refractivity (Wildman–Crippen MR) is 54.5 cm³/mol. The van der Waals surface area contributed by atoms with Gasteiger partial charge in [0.2, 0.25) is 0 Å². The fourth-order valence-electron chi connectivity index (χ4n) is 0.879. The van der Waals surface area contributed by atoms with E-state index in [2.05, 4.69) is 13.0 Å². The Balaban J connectivity index is 2.81. The van der Waals surface area contributed by atoms with E-state index in [1.807, 2.05) is 13.0 Å². The average molecular weight is 203 g/mol. The van der Waals surface area contributed by atoms with Gasteiger partial charge in [0.1, 0.15) is 5.76 Å². The minimum Gasteiger partial charge on any atom is -0.491 e. The fraction of sp³-hybridized carbons (Fsp3) is 0.333. The molecule has 0 aliphatic rings. The van der Waals surface area contributed by atoms with Crippen LogP contribution in [0.25, 0.3) is 5.76 Å². The first kappa shape index (κ1) is 9.62. The minimum absolute atomic E-state index is 0.648. The Bertz CT molecular complexity index is 278. The predicted octanol–water partition coefficient (Wildman–Crippen LogP) is 3.63. The van der Waals surface area contributed by atoms with E-state index in [1.165, 1.54) is 10.4 Å². The molecule has 0 atom stereocenters. The Labute approximate surface area is 81.6 Å². The van der Waals surface area contributed by atoms with Crippen LogP contribution in [0.15, 0.2) is 17.7 Å². The Morgan fingerprint density at radius 3 is 2.83 bits per heavy atom. The lowest BCUT2D eigenvalue weighted by Gasteiger charge is -2.03. The molecule has 0 saturated carbocycles. The van der Waals surface area contributed by atoms with Crippen LogP contribution < -0.4 is 0 Å². The number of hydrogen-bond donors (Lipinski definition) is 0. The van der Waals surface area contributed by atoms with Crippen LogP contribution in [0.3, 0.4) is 0 Å². The number of hydrogen-bond acceptors (Lipinski definition) is 2. The van der Waals surface area contributed by atoms with Gasteiger partial charge >= 0.3 is 0 Å². The zero-order valence-electron chi connectivity index (χ0n) is 7.13. The highest BCUT2D eigenvalue weighted by Gasteiger charge is 2.03. The highest BCUT2D eigenvalue weighted by molar-refractivity contribution is 7.13. The summed E-state index contributed by atoms with van der Waals surface area (Å²) in [6.07, 6.45) is 0. The number of aryl methyl sites for hydroxylation is 1. The van der Waals surface area contributed by atoms with Crippen LogP contribution in [0.1, 0.15) is 16.7 Å². The summed E-state index contributed by atoms with van der Waals surface area (Å²) in [5.41, 5.74) is 1.48. The maximum absolute atomic E-state index is 5.61. The van der Waals surface area contributed by atoms with E-state index in [4.69, 9.17) is 16.3 Å². The van der Waals surface area contributed by atoms with Gasteiger partial charge in [0.15, 0.2) is 0 Å². The largest absolute Gasteiger partial charge is 0.491 e. The third-order valence-electron chi connectivity index (χ3n) is 1.38. The first-order chi connectivity index (χ1) is 5.77. The molecule has 0 unspecified atom stereocenters. The molecule has 1 heterocycles. The van der Waals surface area contributed by atoms with Crippen molar-refractivity contribution in [3.63, 3.8) is 0 Å². The van der Waals surface area contributed by atoms with Gasteiger partial charge in [-0.25, -0.2) is 0 Å². The summed E-state index contributed by atoms with van der Waals surface area (Å²) in [6, 6.07) is 4.07. The van der Waals surface area contributed by atoms with Crippen molar-refractivity contribution in [1.29, 1.82) is 0 Å². The van der Waals surface area contributed by atoms with Crippen LogP contribution in [0.4, 0.5) is 0 Å². The molecule has 0 N–H and O–H groups in total. The number of halogens is 1. The number of rotatable bonds is 3. The topological polar surface area (TPSA) is 9.23 Å². The lowest BCUT2D eigenvalue weighted by atomic mass is 10.4. The van der Waals surface area contributed by atoms with Gasteiger partial charge in [0.05, 0.1) is 11.5 Å². The molecule has 3 heteroatoms. The van der Waals surface area contributed by atoms with Gasteiger partial charge in [-0.15, -0.1) is 11.3 Å². The van der Waals surface area contributed by atoms with E-state index in [1.54, 1.807) is 11.3 Å². The zero-order valence-corrected chi connectivity index (χ0v) is 8.71. The SMILES string of the molecule is CCO/C(=C\Cl)c1ccc(C)s1. The first-order valence-electron chi connectivity index (χ1n) is 3.78. The van der Waals surface area contributed by atoms with E-state index < -0.39 is 0 Å². The minimum atomic E-state index is 0.648. The van der Waals surface area contributed by atoms with E-state index in [0.717, 1.165) is 10.6 Å². The van der Waals surface area contributed by atoms with Gasteiger partial charge in [0.25, 0.3) is 0 Å². The second-order valence-corrected chi connectivity index (χ2v) is 3.82. The smallest absolute Gasteiger partial charge is 0.147 e. The monoisotopic (exact) mass is 202 g/mol. The van der Waals surface area contributed by atoms with Crippen molar-refractivity contribution in [2.45, 2.75) is 13.8 Å². The summed E-state index contributed by atoms with van der Waals surface area (Å²) in [4.78, 5) is 2.35. The van der Waals surface area contributed by atoms with Crippen molar-refractivity contribution in [2.24, 2.45) is 0 Å². The highest BCUT2D eigenvalue weighted by Crippen LogP contribution is 2.24. The summed E-state index contributed by atoms with van der Waals surface area (Å²) in [5.74, 6) is 0.761. The quantitative estimate of drug-likeness (QED) is 0.681. The summed E-state index contributed by atoms with van der Waals surface area (Å²) >= 11 is 7.29. The Kier molecular flexibility index (Phi) is 3.63. The molecule has 0 radical (unpaired) electrons. The molecular weight excluding hydrogens is 192 g/mol. The van der Waals surface area contributed by atoms with Gasteiger partial charge in [-0.05, 0) is 26.0 Å². The molecular formula is C9H11ClOS. The van der Waals surface area contributed by atoms with E-state index in [-0.39, 0.29) is 0 Å². The van der Waals surface area contributed by atoms with Gasteiger partial charge in [-0.2, -0.15) is 0 Å². The van der Waals surface area contributed by atoms with E-state index in [0.29, 0.717) is 6.61 Å². The highest BCUT2D eigenvalue weighted by atomic mass is 35.5. The molecule has 0 aromatic carbocycles. The van der Waals surface area contributed by atoms with Crippen LogP contribution in [0.2, 0.25) is 0 Å². The van der Waals surface area contributed by atoms with E-state index in [9.17, 15) is 0 Å². The van der Waals surface area contributed by atoms with Crippen LogP contribution >= 0.6 is 22.9 Å². The number of ether oxygens (including phenoxy) is 1. The Morgan fingerprint density at radius 2 is 2.42 bits per heavy atom. The van der Waals surface area contributed by atoms with Gasteiger partial charge in [-0.3, -0.25) is 0 Å². The second-order valence-electron chi connectivity index (χ2n) is 2.32. The molecule has 0 fully saturated rings. The molecule has 1 nitrogen and oxygen atoms in total. The van der Waals surface area contributed by atoms with Crippen molar-refractivity contribution in [2.75, 3.05) is 6.61 Å². The van der Waals surface area contributed by atoms with Crippen LogP contribution in [0, 0.1) is 6.92 Å². The van der Waals surface area contributed by atoms with Crippen LogP contribution in [-0.4, -0.2) is 6.61 Å². The normalized spacial score (nSPS) is 11.8. The third-order valence-corrected chi connectivity index (χ3v) is 2.60. The van der Waals surface area contributed by atoms with Crippen molar-refractivity contribution < 1.29 is 4.74 Å². The number of thiophene rings is 1. The van der Waals surface area contributed by atoms with Crippen LogP contribution in [0.5, 0.6) is 0 Å². The third kappa shape index (κ3) is 2.26. The molecule has 0 bridgehead atoms. The molecule has 12 heavy (non-hydrogen) atoms. The average Bonchev–Trinajstić information content (AvgIpc) is 2.47. The molecule has 0 saturated heterocycles. The standard InChI is InChI=1S/C9H11ClOS/c1-3-11-8(6-10)9-5-4-7(2)12-9/h4-6H,3H2,1-2H3/b8-6-. The van der Waals surface area contributed by atoms with Crippen molar-refractivity contribution in [3.8, 4) is 0 Å². The van der Waals surface area contributed by atoms with Crippen molar-refractivity contribution >= 4 is 28.7 Å². The molecule has 66 valence electrons. The summed E-state index contributed by atoms with van der Waals surface area (Å²) in [6.45, 7) is 4.66. The zero-order chi connectivity index (χ0) is 8.97. The van der Waals surface area contributed by atoms with Gasteiger partial charge in [-0.1, -0.05) is 11.6 Å². The lowest BCUT2D eigenvalue weighted by molar-refractivity contribution is 0.299. The van der Waals surface area contributed by atoms with Crippen LogP contribution in [-0.2, 0) is 4.74 Å². The maximum Gasteiger partial charge on any atom is 0.147 e. The van der Waals surface area contributed by atoms with Gasteiger partial charge < -0.3 is 4.74 Å². The molecule has 0 aliphatic heterocycles. The summed E-state index contributed by atoms with van der Waals surface area (Å²) in [7, 11) is 0. The summed E-state index contributed by atoms with van der Waals surface area (Å²) < 4.78 is 5.33. The fourth-order valence-corrected chi connectivity index (χ4v) is 1.96. The summed E-state index contributed by atoms with van der Waals surface area (Å²) in [5, 5.41) is 0. The Morgan fingerprint density at radius 1 is 1.67 bits per heavy atom. The molecule has 1 aromatic heterocycles. The van der Waals surface area contributed by atoms with Crippen molar-refractivity contribution in [1.82, 2.24) is 0 Å². The van der Waals surface area contributed by atoms with Gasteiger partial charge in [0, 0.05) is 10.4 Å². The molecule has 1 rings (SSSR count). The second kappa shape index (κ2) is 4.53. The lowest BCUT2D eigenvalue weighted by Crippen LogP contribution is -1.86. The first-order valence-corrected chi connectivity index (χ1v) is 5.03. The molecule has 0 aliphatic carbocycles. The Hall–Kier alpha value is -0.470. The molecule has 1 aromatic rings. The van der Waals surface area contributed by atoms with E-state index >= 15 is 0 Å². The maximum atomic E-state index is 5.61. The van der Waals surface area contributed by atoms with Crippen molar-refractivity contribution in [3.05, 3.63) is 27.4 Å².